The van der Waals surface area contributed by atoms with Crippen molar-refractivity contribution in [2.75, 3.05) is 26.4 Å². The minimum Gasteiger partial charge on any atom is -0.462 e. The van der Waals surface area contributed by atoms with E-state index in [1.807, 2.05) is 6.08 Å². The van der Waals surface area contributed by atoms with E-state index in [0.29, 0.717) is 25.7 Å². The summed E-state index contributed by atoms with van der Waals surface area (Å²) in [5, 5.41) is 20.7. The fraction of sp³-hybridized carbons (Fsp3) is 0.809. The molecule has 12 nitrogen and oxygen atoms in total. The number of aliphatic hydroxyl groups is 2. The minimum absolute atomic E-state index is 0.0173. The number of Topliss-reactive ketones (excluding diaryl/α,β-unsaturated/α-hetero) is 1. The predicted octanol–water partition coefficient (Wildman–Crippen LogP) is 10.3. The molecule has 6 atom stereocenters. The molecule has 0 aromatic heterocycles. The van der Waals surface area contributed by atoms with Crippen molar-refractivity contribution < 1.29 is 52.6 Å². The second-order valence-electron chi connectivity index (χ2n) is 16.4. The predicted molar refractivity (Wildman–Crippen MR) is 239 cm³/mol. The summed E-state index contributed by atoms with van der Waals surface area (Å²) in [7, 11) is -4.44. The van der Waals surface area contributed by atoms with E-state index in [0.717, 1.165) is 70.6 Å². The molecule has 1 fully saturated rings. The Morgan fingerprint density at radius 1 is 0.767 bits per heavy atom. The smallest absolute Gasteiger partial charge is 0.462 e. The number of esters is 2. The van der Waals surface area contributed by atoms with Gasteiger partial charge in [0.15, 0.2) is 6.10 Å². The summed E-state index contributed by atoms with van der Waals surface area (Å²) in [5.41, 5.74) is 5.35. The number of phosphoric acid groups is 1. The zero-order valence-electron chi connectivity index (χ0n) is 37.4. The lowest BCUT2D eigenvalue weighted by Crippen LogP contribution is -2.29. The summed E-state index contributed by atoms with van der Waals surface area (Å²) in [4.78, 5) is 47.7. The van der Waals surface area contributed by atoms with Gasteiger partial charge in [-0.3, -0.25) is 23.4 Å². The van der Waals surface area contributed by atoms with Gasteiger partial charge >= 0.3 is 19.8 Å². The lowest BCUT2D eigenvalue weighted by atomic mass is 9.88. The van der Waals surface area contributed by atoms with Crippen LogP contribution in [0.3, 0.4) is 0 Å². The highest BCUT2D eigenvalue weighted by Crippen LogP contribution is 2.43. The van der Waals surface area contributed by atoms with E-state index in [4.69, 9.17) is 24.3 Å². The molecule has 0 spiro atoms. The summed E-state index contributed by atoms with van der Waals surface area (Å²) >= 11 is 0. The second kappa shape index (κ2) is 37.4. The quantitative estimate of drug-likeness (QED) is 0.0197. The third-order valence-corrected chi connectivity index (χ3v) is 11.9. The van der Waals surface area contributed by atoms with Gasteiger partial charge < -0.3 is 30.3 Å². The number of aliphatic hydroxyl groups excluding tert-OH is 2. The van der Waals surface area contributed by atoms with Crippen molar-refractivity contribution in [3.05, 3.63) is 36.5 Å². The number of hydrogen-bond donors (Lipinski definition) is 4. The molecule has 0 heterocycles. The highest BCUT2D eigenvalue weighted by molar-refractivity contribution is 7.47. The zero-order chi connectivity index (χ0) is 44.1. The van der Waals surface area contributed by atoms with Crippen LogP contribution in [0.4, 0.5) is 0 Å². The first-order chi connectivity index (χ1) is 29.0. The van der Waals surface area contributed by atoms with Gasteiger partial charge in [-0.1, -0.05) is 147 Å². The third-order valence-electron chi connectivity index (χ3n) is 10.9. The van der Waals surface area contributed by atoms with Crippen LogP contribution in [0.1, 0.15) is 187 Å². The number of carbonyl (C=O) groups is 3. The molecule has 5 N–H and O–H groups in total. The molecule has 60 heavy (non-hydrogen) atoms. The van der Waals surface area contributed by atoms with Crippen LogP contribution in [0.25, 0.3) is 0 Å². The standard InChI is InChI=1S/C47H84NO11P/c1-3-5-7-8-9-10-11-12-13-14-15-16-17-18-19-20-21-22-28-32-47(53)59-41(39-58-60(54,55)57-36-35-48)38-56-46(52)31-27-24-23-26-30-42-43(45(51)37-44(42)50)34-33-40(49)29-25-6-4-2/h9-10,12-13,33-34,40-43,45,49,51H,3-8,11,14-32,35-39,48H2,1-2H3,(H,54,55)/b10-9-,13-12-,34-33+/t40-,41+,42+,43+,45+/m0/s1. The second-order valence-corrected chi connectivity index (χ2v) is 17.9. The van der Waals surface area contributed by atoms with E-state index < -0.39 is 44.7 Å². The van der Waals surface area contributed by atoms with Crippen molar-refractivity contribution >= 4 is 25.5 Å². The first-order valence-corrected chi connectivity index (χ1v) is 25.1. The van der Waals surface area contributed by atoms with Crippen molar-refractivity contribution in [3.8, 4) is 0 Å². The Labute approximate surface area is 363 Å². The molecule has 13 heteroatoms. The van der Waals surface area contributed by atoms with E-state index in [1.165, 1.54) is 57.8 Å². The fourth-order valence-electron chi connectivity index (χ4n) is 7.33. The molecule has 1 rings (SSSR count). The van der Waals surface area contributed by atoms with E-state index in [2.05, 4.69) is 38.2 Å². The highest BCUT2D eigenvalue weighted by Gasteiger charge is 2.39. The Morgan fingerprint density at radius 2 is 1.33 bits per heavy atom. The number of rotatable bonds is 40. The van der Waals surface area contributed by atoms with Crippen molar-refractivity contribution in [2.24, 2.45) is 17.6 Å². The number of allylic oxidation sites excluding steroid dienone is 4. The highest BCUT2D eigenvalue weighted by atomic mass is 31.2. The lowest BCUT2D eigenvalue weighted by molar-refractivity contribution is -0.161. The van der Waals surface area contributed by atoms with Gasteiger partial charge in [0.2, 0.25) is 0 Å². The third kappa shape index (κ3) is 30.8. The molecule has 1 aliphatic carbocycles. The minimum atomic E-state index is -4.44. The molecule has 348 valence electrons. The molecule has 1 saturated carbocycles. The maximum atomic E-state index is 12.7. The van der Waals surface area contributed by atoms with Gasteiger partial charge in [0.1, 0.15) is 12.4 Å². The molecule has 0 bridgehead atoms. The van der Waals surface area contributed by atoms with E-state index >= 15 is 0 Å². The lowest BCUT2D eigenvalue weighted by Gasteiger charge is -2.20. The number of ether oxygens (including phenoxy) is 2. The molecular weight excluding hydrogens is 785 g/mol. The van der Waals surface area contributed by atoms with Crippen LogP contribution >= 0.6 is 7.82 Å². The van der Waals surface area contributed by atoms with Crippen LogP contribution < -0.4 is 5.73 Å². The van der Waals surface area contributed by atoms with Crippen LogP contribution in [-0.2, 0) is 37.5 Å². The summed E-state index contributed by atoms with van der Waals surface area (Å²) < 4.78 is 32.8. The average molecular weight is 870 g/mol. The molecule has 0 aliphatic heterocycles. The number of hydrogen-bond acceptors (Lipinski definition) is 11. The topological polar surface area (TPSA) is 192 Å². The molecule has 0 aromatic carbocycles. The maximum absolute atomic E-state index is 12.7. The van der Waals surface area contributed by atoms with Gasteiger partial charge in [-0.2, -0.15) is 0 Å². The van der Waals surface area contributed by atoms with Crippen molar-refractivity contribution in [2.45, 2.75) is 206 Å². The number of carbonyl (C=O) groups excluding carboxylic acids is 3. The first-order valence-electron chi connectivity index (χ1n) is 23.6. The largest absolute Gasteiger partial charge is 0.472 e. The molecule has 0 amide bonds. The van der Waals surface area contributed by atoms with Crippen molar-refractivity contribution in [1.82, 2.24) is 0 Å². The van der Waals surface area contributed by atoms with Crippen molar-refractivity contribution in [1.29, 1.82) is 0 Å². The first kappa shape index (κ1) is 55.8. The van der Waals surface area contributed by atoms with Crippen LogP contribution in [-0.4, -0.2) is 77.5 Å². The Hall–Kier alpha value is -2.18. The summed E-state index contributed by atoms with van der Waals surface area (Å²) in [6.07, 6.45) is 35.0. The number of unbranched alkanes of at least 4 members (excludes halogenated alkanes) is 17. The Morgan fingerprint density at radius 3 is 1.97 bits per heavy atom. The Balaban J connectivity index is 2.32. The molecular formula is C47H84NO11P. The van der Waals surface area contributed by atoms with Gasteiger partial charge in [0.25, 0.3) is 0 Å². The average Bonchev–Trinajstić information content (AvgIpc) is 3.49. The van der Waals surface area contributed by atoms with E-state index in [-0.39, 0.29) is 56.6 Å². The van der Waals surface area contributed by atoms with Gasteiger partial charge in [0.05, 0.1) is 25.4 Å². The monoisotopic (exact) mass is 870 g/mol. The van der Waals surface area contributed by atoms with Gasteiger partial charge in [-0.15, -0.1) is 0 Å². The fourth-order valence-corrected chi connectivity index (χ4v) is 8.09. The summed E-state index contributed by atoms with van der Waals surface area (Å²) in [6, 6.07) is 0. The van der Waals surface area contributed by atoms with Gasteiger partial charge in [-0.25, -0.2) is 4.57 Å². The van der Waals surface area contributed by atoms with Crippen LogP contribution in [0.15, 0.2) is 36.5 Å². The number of nitrogens with two attached hydrogens (primary N) is 1. The van der Waals surface area contributed by atoms with E-state index in [9.17, 15) is 34.1 Å². The van der Waals surface area contributed by atoms with Gasteiger partial charge in [-0.05, 0) is 57.8 Å². The molecule has 1 unspecified atom stereocenters. The Bertz CT molecular complexity index is 1240. The van der Waals surface area contributed by atoms with Crippen LogP contribution in [0.5, 0.6) is 0 Å². The van der Waals surface area contributed by atoms with Crippen molar-refractivity contribution in [3.63, 3.8) is 0 Å². The van der Waals surface area contributed by atoms with Crippen LogP contribution in [0.2, 0.25) is 0 Å². The molecule has 0 saturated heterocycles. The zero-order valence-corrected chi connectivity index (χ0v) is 38.3. The summed E-state index contributed by atoms with van der Waals surface area (Å²) in [5.74, 6) is -1.51. The maximum Gasteiger partial charge on any atom is 0.472 e. The number of ketones is 1. The summed E-state index contributed by atoms with van der Waals surface area (Å²) in [6.45, 7) is 3.34. The molecule has 0 radical (unpaired) electrons. The molecule has 0 aromatic rings. The normalized spacial score (nSPS) is 19.1. The van der Waals surface area contributed by atoms with Gasteiger partial charge in [0, 0.05) is 37.6 Å². The Kier molecular flexibility index (Phi) is 34.8. The van der Waals surface area contributed by atoms with E-state index in [1.54, 1.807) is 6.08 Å². The SMILES string of the molecule is CCCCC/C=C\C/C=C\CCCCCCCCCCCC(=O)O[C@H](COC(=O)CCCCCC[C@H]1C(=O)C[C@@H](O)[C@@H]1/C=C/[C@@H](O)CCCCC)COP(=O)(O)OCCN. The number of phosphoric ester groups is 1. The molecule has 1 aliphatic rings. The van der Waals surface area contributed by atoms with Crippen LogP contribution in [0, 0.1) is 11.8 Å².